The highest BCUT2D eigenvalue weighted by Gasteiger charge is 2.28. The molecule has 0 atom stereocenters. The fourth-order valence-corrected chi connectivity index (χ4v) is 3.35. The molecule has 1 saturated heterocycles. The number of carbonyl (C=O) groups is 1. The fourth-order valence-electron chi connectivity index (χ4n) is 1.78. The number of benzene rings is 1. The summed E-state index contributed by atoms with van der Waals surface area (Å²) >= 11 is 0. The van der Waals surface area contributed by atoms with Crippen molar-refractivity contribution in [2.75, 3.05) is 23.2 Å². The zero-order valence-corrected chi connectivity index (χ0v) is 10.4. The molecule has 1 heterocycles. The number of carboxylic acid groups (broad SMARTS) is 1. The predicted octanol–water partition coefficient (Wildman–Crippen LogP) is 0.690. The first-order chi connectivity index (χ1) is 8.49. The molecule has 0 bridgehead atoms. The van der Waals surface area contributed by atoms with E-state index in [1.165, 1.54) is 4.31 Å². The number of rotatable bonds is 4. The Morgan fingerprint density at radius 2 is 2.00 bits per heavy atom. The van der Waals surface area contributed by atoms with Crippen LogP contribution in [0, 0.1) is 0 Å². The third-order valence-electron chi connectivity index (χ3n) is 2.59. The fraction of sp³-hybridized carbons (Fsp3) is 0.364. The van der Waals surface area contributed by atoms with Crippen molar-refractivity contribution in [3.63, 3.8) is 0 Å². The first kappa shape index (κ1) is 12.7. The van der Waals surface area contributed by atoms with Gasteiger partial charge < -0.3 is 9.84 Å². The second-order valence-corrected chi connectivity index (χ2v) is 5.93. The average molecular weight is 271 g/mol. The summed E-state index contributed by atoms with van der Waals surface area (Å²) in [5.74, 6) is -0.483. The lowest BCUT2D eigenvalue weighted by atomic mass is 10.3. The van der Waals surface area contributed by atoms with E-state index in [-0.39, 0.29) is 5.75 Å². The number of sulfonamides is 1. The Morgan fingerprint density at radius 3 is 2.50 bits per heavy atom. The number of ether oxygens (including phenoxy) is 1. The van der Waals surface area contributed by atoms with E-state index in [4.69, 9.17) is 9.84 Å². The molecular formula is C11H13NO5S. The molecule has 1 aromatic rings. The van der Waals surface area contributed by atoms with E-state index in [1.807, 2.05) is 0 Å². The molecule has 0 aliphatic carbocycles. The highest BCUT2D eigenvalue weighted by molar-refractivity contribution is 7.93. The molecular weight excluding hydrogens is 258 g/mol. The number of hydrogen-bond acceptors (Lipinski definition) is 4. The molecule has 7 heteroatoms. The Bertz CT molecular complexity index is 537. The standard InChI is InChI=1S/C11H13NO5S/c13-11(14)8-17-10-4-2-9(3-5-10)12-6-1-7-18(12,15)16/h2-5H,1,6-8H2,(H,13,14). The number of nitrogens with zero attached hydrogens (tertiary/aromatic N) is 1. The summed E-state index contributed by atoms with van der Waals surface area (Å²) in [5, 5.41) is 8.46. The van der Waals surface area contributed by atoms with Crippen LogP contribution in [0.4, 0.5) is 5.69 Å². The van der Waals surface area contributed by atoms with Crippen LogP contribution in [0.5, 0.6) is 5.75 Å². The Kier molecular flexibility index (Phi) is 3.42. The minimum absolute atomic E-state index is 0.171. The van der Waals surface area contributed by atoms with E-state index >= 15 is 0 Å². The molecule has 0 spiro atoms. The van der Waals surface area contributed by atoms with Crippen LogP contribution in [0.2, 0.25) is 0 Å². The molecule has 0 saturated carbocycles. The highest BCUT2D eigenvalue weighted by atomic mass is 32.2. The summed E-state index contributed by atoms with van der Waals surface area (Å²) in [6.45, 7) is 0.0685. The molecule has 1 N–H and O–H groups in total. The summed E-state index contributed by atoms with van der Waals surface area (Å²) in [7, 11) is -3.18. The van der Waals surface area contributed by atoms with Crippen molar-refractivity contribution in [1.29, 1.82) is 0 Å². The van der Waals surface area contributed by atoms with Crippen molar-refractivity contribution < 1.29 is 23.1 Å². The Morgan fingerprint density at radius 1 is 1.33 bits per heavy atom. The van der Waals surface area contributed by atoms with Gasteiger partial charge >= 0.3 is 5.97 Å². The van der Waals surface area contributed by atoms with Gasteiger partial charge in [0.25, 0.3) is 0 Å². The van der Waals surface area contributed by atoms with E-state index in [1.54, 1.807) is 24.3 Å². The Labute approximate surface area is 105 Å². The van der Waals surface area contributed by atoms with Gasteiger partial charge in [0.05, 0.1) is 11.4 Å². The van der Waals surface area contributed by atoms with Crippen LogP contribution >= 0.6 is 0 Å². The van der Waals surface area contributed by atoms with Gasteiger partial charge in [-0.15, -0.1) is 0 Å². The van der Waals surface area contributed by atoms with Gasteiger partial charge in [-0.05, 0) is 30.7 Å². The first-order valence-electron chi connectivity index (χ1n) is 5.44. The molecule has 98 valence electrons. The SMILES string of the molecule is O=C(O)COc1ccc(N2CCCS2(=O)=O)cc1. The summed E-state index contributed by atoms with van der Waals surface area (Å²) in [5.41, 5.74) is 0.579. The number of aliphatic carboxylic acids is 1. The van der Waals surface area contributed by atoms with Gasteiger partial charge in [0.2, 0.25) is 10.0 Å². The van der Waals surface area contributed by atoms with Crippen molar-refractivity contribution in [2.24, 2.45) is 0 Å². The van der Waals surface area contributed by atoms with E-state index in [0.717, 1.165) is 0 Å². The topological polar surface area (TPSA) is 83.9 Å². The zero-order chi connectivity index (χ0) is 13.2. The van der Waals surface area contributed by atoms with Crippen LogP contribution in [0.25, 0.3) is 0 Å². The van der Waals surface area contributed by atoms with Gasteiger partial charge in [0, 0.05) is 6.54 Å². The first-order valence-corrected chi connectivity index (χ1v) is 7.05. The number of carboxylic acids is 1. The molecule has 2 rings (SSSR count). The van der Waals surface area contributed by atoms with Crippen molar-refractivity contribution in [1.82, 2.24) is 0 Å². The molecule has 0 unspecified atom stereocenters. The third kappa shape index (κ3) is 2.73. The van der Waals surface area contributed by atoms with E-state index in [9.17, 15) is 13.2 Å². The van der Waals surface area contributed by atoms with Crippen LogP contribution in [0.3, 0.4) is 0 Å². The minimum atomic E-state index is -3.18. The largest absolute Gasteiger partial charge is 0.482 e. The molecule has 0 radical (unpaired) electrons. The van der Waals surface area contributed by atoms with E-state index in [2.05, 4.69) is 0 Å². The van der Waals surface area contributed by atoms with Crippen LogP contribution in [-0.4, -0.2) is 38.4 Å². The quantitative estimate of drug-likeness (QED) is 0.871. The molecule has 0 aromatic heterocycles. The summed E-state index contributed by atoms with van der Waals surface area (Å²) in [4.78, 5) is 10.3. The Balaban J connectivity index is 2.10. The summed E-state index contributed by atoms with van der Waals surface area (Å²) in [6.07, 6.45) is 0.625. The van der Waals surface area contributed by atoms with Gasteiger partial charge in [-0.3, -0.25) is 4.31 Å². The molecule has 1 fully saturated rings. The monoisotopic (exact) mass is 271 g/mol. The lowest BCUT2D eigenvalue weighted by molar-refractivity contribution is -0.139. The lowest BCUT2D eigenvalue weighted by Crippen LogP contribution is -2.24. The van der Waals surface area contributed by atoms with E-state index in [0.29, 0.717) is 24.4 Å². The van der Waals surface area contributed by atoms with Crippen LogP contribution in [-0.2, 0) is 14.8 Å². The van der Waals surface area contributed by atoms with Crippen LogP contribution in [0.1, 0.15) is 6.42 Å². The maximum atomic E-state index is 11.7. The summed E-state index contributed by atoms with van der Waals surface area (Å²) in [6, 6.07) is 6.35. The molecule has 1 aliphatic heterocycles. The van der Waals surface area contributed by atoms with Crippen LogP contribution < -0.4 is 9.04 Å². The van der Waals surface area contributed by atoms with Gasteiger partial charge in [-0.1, -0.05) is 0 Å². The van der Waals surface area contributed by atoms with Gasteiger partial charge in [-0.2, -0.15) is 0 Å². The highest BCUT2D eigenvalue weighted by Crippen LogP contribution is 2.25. The predicted molar refractivity (Wildman–Crippen MR) is 65.3 cm³/mol. The number of anilines is 1. The van der Waals surface area contributed by atoms with Gasteiger partial charge in [-0.25, -0.2) is 13.2 Å². The lowest BCUT2D eigenvalue weighted by Gasteiger charge is -2.17. The molecule has 1 aromatic carbocycles. The normalized spacial score (nSPS) is 17.7. The smallest absolute Gasteiger partial charge is 0.341 e. The molecule has 18 heavy (non-hydrogen) atoms. The van der Waals surface area contributed by atoms with Crippen molar-refractivity contribution >= 4 is 21.7 Å². The molecule has 1 aliphatic rings. The molecule has 6 nitrogen and oxygen atoms in total. The minimum Gasteiger partial charge on any atom is -0.482 e. The number of hydrogen-bond donors (Lipinski definition) is 1. The maximum Gasteiger partial charge on any atom is 0.341 e. The Hall–Kier alpha value is -1.76. The second kappa shape index (κ2) is 4.85. The average Bonchev–Trinajstić information content (AvgIpc) is 2.67. The zero-order valence-electron chi connectivity index (χ0n) is 9.57. The van der Waals surface area contributed by atoms with Crippen LogP contribution in [0.15, 0.2) is 24.3 Å². The molecule has 0 amide bonds. The van der Waals surface area contributed by atoms with Gasteiger partial charge in [0.1, 0.15) is 5.75 Å². The van der Waals surface area contributed by atoms with Crippen molar-refractivity contribution in [3.05, 3.63) is 24.3 Å². The van der Waals surface area contributed by atoms with E-state index < -0.39 is 22.6 Å². The van der Waals surface area contributed by atoms with Crippen molar-refractivity contribution in [2.45, 2.75) is 6.42 Å². The third-order valence-corrected chi connectivity index (χ3v) is 4.46. The van der Waals surface area contributed by atoms with Gasteiger partial charge in [0.15, 0.2) is 6.61 Å². The second-order valence-electron chi connectivity index (χ2n) is 3.92. The van der Waals surface area contributed by atoms with Crippen molar-refractivity contribution in [3.8, 4) is 5.75 Å². The maximum absolute atomic E-state index is 11.7. The summed E-state index contributed by atoms with van der Waals surface area (Å²) < 4.78 is 29.7.